The van der Waals surface area contributed by atoms with Gasteiger partial charge in [-0.2, -0.15) is 0 Å². The first kappa shape index (κ1) is 10.0. The summed E-state index contributed by atoms with van der Waals surface area (Å²) in [5.74, 6) is 0.903. The zero-order valence-corrected chi connectivity index (χ0v) is 9.24. The SMILES string of the molecule is C/C(=N\O)c1cccc2c1CC(C)(C)O2. The van der Waals surface area contributed by atoms with Gasteiger partial charge in [0, 0.05) is 17.5 Å². The third kappa shape index (κ3) is 1.69. The van der Waals surface area contributed by atoms with Crippen molar-refractivity contribution in [3.05, 3.63) is 29.3 Å². The summed E-state index contributed by atoms with van der Waals surface area (Å²) in [5, 5.41) is 12.0. The standard InChI is InChI=1S/C12H15NO2/c1-8(13-14)9-5-4-6-11-10(9)7-12(2,3)15-11/h4-6,14H,7H2,1-3H3/b13-8+. The molecular formula is C12H15NO2. The van der Waals surface area contributed by atoms with Gasteiger partial charge in [-0.05, 0) is 26.8 Å². The quantitative estimate of drug-likeness (QED) is 0.435. The minimum atomic E-state index is -0.159. The summed E-state index contributed by atoms with van der Waals surface area (Å²) < 4.78 is 5.79. The maximum absolute atomic E-state index is 8.80. The first-order chi connectivity index (χ1) is 7.03. The molecule has 1 aliphatic rings. The minimum absolute atomic E-state index is 0.159. The molecule has 0 saturated carbocycles. The lowest BCUT2D eigenvalue weighted by molar-refractivity contribution is 0.138. The molecule has 0 unspecified atom stereocenters. The second-order valence-corrected chi connectivity index (χ2v) is 4.51. The molecule has 0 amide bonds. The van der Waals surface area contributed by atoms with Crippen LogP contribution in [0, 0.1) is 0 Å². The van der Waals surface area contributed by atoms with E-state index in [0.29, 0.717) is 5.71 Å². The summed E-state index contributed by atoms with van der Waals surface area (Å²) in [6.45, 7) is 5.91. The molecule has 0 bridgehead atoms. The van der Waals surface area contributed by atoms with Crippen molar-refractivity contribution < 1.29 is 9.94 Å². The highest BCUT2D eigenvalue weighted by Crippen LogP contribution is 2.36. The van der Waals surface area contributed by atoms with Gasteiger partial charge in [-0.3, -0.25) is 0 Å². The molecule has 80 valence electrons. The third-order valence-corrected chi connectivity index (χ3v) is 2.66. The van der Waals surface area contributed by atoms with Crippen LogP contribution in [0.25, 0.3) is 0 Å². The molecule has 0 spiro atoms. The summed E-state index contributed by atoms with van der Waals surface area (Å²) in [5.41, 5.74) is 2.58. The van der Waals surface area contributed by atoms with E-state index >= 15 is 0 Å². The van der Waals surface area contributed by atoms with Crippen LogP contribution in [0.2, 0.25) is 0 Å². The Bertz CT molecular complexity index is 422. The second-order valence-electron chi connectivity index (χ2n) is 4.51. The zero-order chi connectivity index (χ0) is 11.1. The van der Waals surface area contributed by atoms with Crippen LogP contribution in [-0.4, -0.2) is 16.5 Å². The highest BCUT2D eigenvalue weighted by atomic mass is 16.5. The van der Waals surface area contributed by atoms with E-state index in [0.717, 1.165) is 23.3 Å². The fourth-order valence-corrected chi connectivity index (χ4v) is 2.00. The Morgan fingerprint density at radius 1 is 1.47 bits per heavy atom. The average Bonchev–Trinajstić information content (AvgIpc) is 2.49. The van der Waals surface area contributed by atoms with Crippen molar-refractivity contribution in [3.8, 4) is 5.75 Å². The van der Waals surface area contributed by atoms with Gasteiger partial charge in [-0.25, -0.2) is 0 Å². The van der Waals surface area contributed by atoms with E-state index in [-0.39, 0.29) is 5.60 Å². The van der Waals surface area contributed by atoms with E-state index in [1.54, 1.807) is 6.92 Å². The molecule has 0 aliphatic carbocycles. The molecule has 1 aromatic rings. The fourth-order valence-electron chi connectivity index (χ4n) is 2.00. The first-order valence-corrected chi connectivity index (χ1v) is 5.03. The van der Waals surface area contributed by atoms with Crippen molar-refractivity contribution in [2.24, 2.45) is 5.16 Å². The molecular weight excluding hydrogens is 190 g/mol. The maximum atomic E-state index is 8.80. The molecule has 3 nitrogen and oxygen atoms in total. The van der Waals surface area contributed by atoms with Crippen molar-refractivity contribution in [3.63, 3.8) is 0 Å². The molecule has 1 aromatic carbocycles. The van der Waals surface area contributed by atoms with Gasteiger partial charge >= 0.3 is 0 Å². The minimum Gasteiger partial charge on any atom is -0.487 e. The van der Waals surface area contributed by atoms with Crippen molar-refractivity contribution in [2.75, 3.05) is 0 Å². The number of nitrogens with zero attached hydrogens (tertiary/aromatic N) is 1. The lowest BCUT2D eigenvalue weighted by Gasteiger charge is -2.16. The summed E-state index contributed by atoms with van der Waals surface area (Å²) in [4.78, 5) is 0. The van der Waals surface area contributed by atoms with Crippen molar-refractivity contribution in [1.29, 1.82) is 0 Å². The molecule has 1 N–H and O–H groups in total. The Morgan fingerprint density at radius 3 is 2.87 bits per heavy atom. The molecule has 15 heavy (non-hydrogen) atoms. The summed E-state index contributed by atoms with van der Waals surface area (Å²) >= 11 is 0. The van der Waals surface area contributed by atoms with Gasteiger partial charge in [0.05, 0.1) is 5.71 Å². The lowest BCUT2D eigenvalue weighted by Crippen LogP contribution is -2.24. The second kappa shape index (κ2) is 3.26. The first-order valence-electron chi connectivity index (χ1n) is 5.03. The van der Waals surface area contributed by atoms with E-state index in [4.69, 9.17) is 9.94 Å². The zero-order valence-electron chi connectivity index (χ0n) is 9.24. The van der Waals surface area contributed by atoms with Gasteiger partial charge in [0.1, 0.15) is 11.4 Å². The molecule has 1 heterocycles. The summed E-state index contributed by atoms with van der Waals surface area (Å²) in [6, 6.07) is 5.83. The van der Waals surface area contributed by atoms with Gasteiger partial charge < -0.3 is 9.94 Å². The highest BCUT2D eigenvalue weighted by molar-refractivity contribution is 6.00. The molecule has 0 radical (unpaired) electrons. The summed E-state index contributed by atoms with van der Waals surface area (Å²) in [6.07, 6.45) is 0.853. The van der Waals surface area contributed by atoms with Gasteiger partial charge in [0.2, 0.25) is 0 Å². The average molecular weight is 205 g/mol. The number of benzene rings is 1. The Kier molecular flexibility index (Phi) is 2.18. The Labute approximate surface area is 89.4 Å². The number of hydrogen-bond acceptors (Lipinski definition) is 3. The van der Waals surface area contributed by atoms with E-state index in [1.165, 1.54) is 0 Å². The molecule has 0 saturated heterocycles. The highest BCUT2D eigenvalue weighted by Gasteiger charge is 2.31. The van der Waals surface area contributed by atoms with Crippen molar-refractivity contribution >= 4 is 5.71 Å². The largest absolute Gasteiger partial charge is 0.487 e. The van der Waals surface area contributed by atoms with Crippen LogP contribution in [0.1, 0.15) is 31.9 Å². The predicted molar refractivity (Wildman–Crippen MR) is 58.9 cm³/mol. The van der Waals surface area contributed by atoms with Crippen LogP contribution >= 0.6 is 0 Å². The molecule has 0 fully saturated rings. The Balaban J connectivity index is 2.51. The number of hydrogen-bond donors (Lipinski definition) is 1. The van der Waals surface area contributed by atoms with Crippen LogP contribution < -0.4 is 4.74 Å². The van der Waals surface area contributed by atoms with E-state index < -0.39 is 0 Å². The van der Waals surface area contributed by atoms with Crippen LogP contribution in [0.3, 0.4) is 0 Å². The van der Waals surface area contributed by atoms with E-state index in [1.807, 2.05) is 18.2 Å². The maximum Gasteiger partial charge on any atom is 0.124 e. The number of rotatable bonds is 1. The monoisotopic (exact) mass is 205 g/mol. The fraction of sp³-hybridized carbons (Fsp3) is 0.417. The topological polar surface area (TPSA) is 41.8 Å². The number of oxime groups is 1. The van der Waals surface area contributed by atoms with Gasteiger partial charge in [-0.1, -0.05) is 17.3 Å². The predicted octanol–water partition coefficient (Wildman–Crippen LogP) is 2.60. The molecule has 0 aromatic heterocycles. The summed E-state index contributed by atoms with van der Waals surface area (Å²) in [7, 11) is 0. The van der Waals surface area contributed by atoms with Gasteiger partial charge in [0.15, 0.2) is 0 Å². The van der Waals surface area contributed by atoms with Crippen LogP contribution in [0.15, 0.2) is 23.4 Å². The molecule has 2 rings (SSSR count). The lowest BCUT2D eigenvalue weighted by atomic mass is 9.95. The Hall–Kier alpha value is -1.51. The molecule has 1 aliphatic heterocycles. The van der Waals surface area contributed by atoms with Crippen LogP contribution in [0.5, 0.6) is 5.75 Å². The van der Waals surface area contributed by atoms with Crippen LogP contribution in [0.4, 0.5) is 0 Å². The van der Waals surface area contributed by atoms with Crippen LogP contribution in [-0.2, 0) is 6.42 Å². The third-order valence-electron chi connectivity index (χ3n) is 2.66. The number of fused-ring (bicyclic) bond motifs is 1. The molecule has 3 heteroatoms. The normalized spacial score (nSPS) is 18.5. The van der Waals surface area contributed by atoms with E-state index in [9.17, 15) is 0 Å². The van der Waals surface area contributed by atoms with Gasteiger partial charge in [0.25, 0.3) is 0 Å². The molecule has 0 atom stereocenters. The smallest absolute Gasteiger partial charge is 0.124 e. The Morgan fingerprint density at radius 2 is 2.20 bits per heavy atom. The van der Waals surface area contributed by atoms with Crippen molar-refractivity contribution in [2.45, 2.75) is 32.8 Å². The van der Waals surface area contributed by atoms with E-state index in [2.05, 4.69) is 19.0 Å². The van der Waals surface area contributed by atoms with Crippen molar-refractivity contribution in [1.82, 2.24) is 0 Å². The van der Waals surface area contributed by atoms with Gasteiger partial charge in [-0.15, -0.1) is 0 Å². The number of ether oxygens (including phenoxy) is 1.